The molecule has 1 aliphatic heterocycles. The Morgan fingerprint density at radius 2 is 2.12 bits per heavy atom. The Bertz CT molecular complexity index is 593. The van der Waals surface area contributed by atoms with Crippen LogP contribution in [0.25, 0.3) is 11.0 Å². The van der Waals surface area contributed by atoms with Gasteiger partial charge in [0.05, 0.1) is 11.0 Å². The average Bonchev–Trinajstić information content (AvgIpc) is 3.18. The number of H-pyrrole nitrogens is 1. The molecular weight excluding hydrogens is 347 g/mol. The molecule has 24 heavy (non-hydrogen) atoms. The van der Waals surface area contributed by atoms with Crippen molar-refractivity contribution < 1.29 is 4.79 Å². The summed E-state index contributed by atoms with van der Waals surface area (Å²) >= 11 is 0. The van der Waals surface area contributed by atoms with E-state index in [4.69, 9.17) is 0 Å². The van der Waals surface area contributed by atoms with Gasteiger partial charge in [-0.1, -0.05) is 12.1 Å². The number of aromatic nitrogens is 2. The number of hydrogen-bond acceptors (Lipinski definition) is 3. The summed E-state index contributed by atoms with van der Waals surface area (Å²) in [6.45, 7) is 2.89. The first kappa shape index (κ1) is 20.7. The predicted molar refractivity (Wildman–Crippen MR) is 102 cm³/mol. The van der Waals surface area contributed by atoms with Gasteiger partial charge < -0.3 is 15.6 Å². The van der Waals surface area contributed by atoms with Gasteiger partial charge in [0.15, 0.2) is 0 Å². The zero-order valence-electron chi connectivity index (χ0n) is 13.7. The number of imidazole rings is 1. The normalized spacial score (nSPS) is 16.4. The Morgan fingerprint density at radius 3 is 2.88 bits per heavy atom. The van der Waals surface area contributed by atoms with Crippen molar-refractivity contribution in [1.29, 1.82) is 0 Å². The van der Waals surface area contributed by atoms with Gasteiger partial charge >= 0.3 is 0 Å². The summed E-state index contributed by atoms with van der Waals surface area (Å²) in [6.07, 6.45) is 4.64. The third-order valence-electron chi connectivity index (χ3n) is 4.29. The molecule has 7 heteroatoms. The third-order valence-corrected chi connectivity index (χ3v) is 4.29. The maximum absolute atomic E-state index is 11.8. The van der Waals surface area contributed by atoms with Gasteiger partial charge in [-0.25, -0.2) is 4.98 Å². The van der Waals surface area contributed by atoms with Crippen LogP contribution in [0.3, 0.4) is 0 Å². The molecule has 0 radical (unpaired) electrons. The molecule has 134 valence electrons. The van der Waals surface area contributed by atoms with Crippen LogP contribution in [0.1, 0.15) is 31.5 Å². The molecule has 1 unspecified atom stereocenters. The molecule has 1 amide bonds. The fraction of sp³-hybridized carbons (Fsp3) is 0.529. The minimum atomic E-state index is 0. The minimum Gasteiger partial charge on any atom is -0.356 e. The number of amides is 1. The first-order valence-corrected chi connectivity index (χ1v) is 8.22. The van der Waals surface area contributed by atoms with Crippen LogP contribution in [0.4, 0.5) is 0 Å². The van der Waals surface area contributed by atoms with Crippen molar-refractivity contribution in [3.05, 3.63) is 30.1 Å². The Balaban J connectivity index is 0.00000144. The van der Waals surface area contributed by atoms with Crippen LogP contribution in [-0.4, -0.2) is 35.5 Å². The Labute approximate surface area is 155 Å². The van der Waals surface area contributed by atoms with Crippen LogP contribution in [0, 0.1) is 5.92 Å². The van der Waals surface area contributed by atoms with Crippen LogP contribution >= 0.6 is 24.8 Å². The summed E-state index contributed by atoms with van der Waals surface area (Å²) in [6, 6.07) is 8.04. The zero-order valence-corrected chi connectivity index (χ0v) is 15.3. The number of nitrogens with zero attached hydrogens (tertiary/aromatic N) is 1. The minimum absolute atomic E-state index is 0. The molecule has 1 aliphatic rings. The second-order valence-electron chi connectivity index (χ2n) is 6.05. The highest BCUT2D eigenvalue weighted by Crippen LogP contribution is 2.14. The monoisotopic (exact) mass is 372 g/mol. The van der Waals surface area contributed by atoms with E-state index in [0.29, 0.717) is 12.3 Å². The number of aromatic amines is 1. The fourth-order valence-corrected chi connectivity index (χ4v) is 2.99. The number of aryl methyl sites for hydroxylation is 1. The average molecular weight is 373 g/mol. The smallest absolute Gasteiger partial charge is 0.220 e. The largest absolute Gasteiger partial charge is 0.356 e. The number of hydrogen-bond donors (Lipinski definition) is 3. The molecule has 1 aromatic heterocycles. The standard InChI is InChI=1S/C17H24N4O.2ClH/c22-17(8-7-13-9-11-18-12-13)19-10-3-6-16-20-14-4-1-2-5-15(14)21-16;;/h1-2,4-5,13,18H,3,6-12H2,(H,19,22)(H,20,21);2*1H. The maximum atomic E-state index is 11.8. The van der Waals surface area contributed by atoms with Gasteiger partial charge in [-0.05, 0) is 50.4 Å². The summed E-state index contributed by atoms with van der Waals surface area (Å²) in [5.41, 5.74) is 2.08. The van der Waals surface area contributed by atoms with Crippen molar-refractivity contribution in [2.45, 2.75) is 32.1 Å². The lowest BCUT2D eigenvalue weighted by molar-refractivity contribution is -0.121. The second-order valence-corrected chi connectivity index (χ2v) is 6.05. The van der Waals surface area contributed by atoms with E-state index >= 15 is 0 Å². The van der Waals surface area contributed by atoms with Crippen LogP contribution in [0.5, 0.6) is 0 Å². The van der Waals surface area contributed by atoms with E-state index in [2.05, 4.69) is 20.6 Å². The van der Waals surface area contributed by atoms with E-state index in [-0.39, 0.29) is 30.7 Å². The molecule has 3 rings (SSSR count). The molecule has 1 fully saturated rings. The maximum Gasteiger partial charge on any atom is 0.220 e. The molecule has 2 aromatic rings. The quantitative estimate of drug-likeness (QED) is 0.654. The molecule has 2 heterocycles. The highest BCUT2D eigenvalue weighted by molar-refractivity contribution is 5.85. The van der Waals surface area contributed by atoms with Crippen LogP contribution in [-0.2, 0) is 11.2 Å². The zero-order chi connectivity index (χ0) is 15.2. The van der Waals surface area contributed by atoms with E-state index in [1.165, 1.54) is 6.42 Å². The number of fused-ring (bicyclic) bond motifs is 1. The van der Waals surface area contributed by atoms with Gasteiger partial charge in [-0.2, -0.15) is 0 Å². The summed E-state index contributed by atoms with van der Waals surface area (Å²) < 4.78 is 0. The fourth-order valence-electron chi connectivity index (χ4n) is 2.99. The Morgan fingerprint density at radius 1 is 1.29 bits per heavy atom. The molecule has 0 aliphatic carbocycles. The van der Waals surface area contributed by atoms with E-state index in [1.807, 2.05) is 24.3 Å². The van der Waals surface area contributed by atoms with Crippen molar-refractivity contribution in [3.63, 3.8) is 0 Å². The highest BCUT2D eigenvalue weighted by Gasteiger charge is 2.15. The summed E-state index contributed by atoms with van der Waals surface area (Å²) in [5.74, 6) is 1.85. The molecule has 0 saturated carbocycles. The van der Waals surface area contributed by atoms with Gasteiger partial charge in [-0.3, -0.25) is 4.79 Å². The number of carbonyl (C=O) groups excluding carboxylic acids is 1. The van der Waals surface area contributed by atoms with Crippen molar-refractivity contribution in [2.24, 2.45) is 5.92 Å². The van der Waals surface area contributed by atoms with E-state index in [1.54, 1.807) is 0 Å². The lowest BCUT2D eigenvalue weighted by atomic mass is 10.0. The van der Waals surface area contributed by atoms with Crippen molar-refractivity contribution in [2.75, 3.05) is 19.6 Å². The van der Waals surface area contributed by atoms with Crippen molar-refractivity contribution in [1.82, 2.24) is 20.6 Å². The van der Waals surface area contributed by atoms with Gasteiger partial charge in [0.2, 0.25) is 5.91 Å². The number of para-hydroxylation sites is 2. The predicted octanol–water partition coefficient (Wildman–Crippen LogP) is 2.85. The van der Waals surface area contributed by atoms with Crippen LogP contribution < -0.4 is 10.6 Å². The van der Waals surface area contributed by atoms with Crippen molar-refractivity contribution >= 4 is 41.8 Å². The molecule has 3 N–H and O–H groups in total. The van der Waals surface area contributed by atoms with E-state index in [9.17, 15) is 4.79 Å². The number of nitrogens with one attached hydrogen (secondary N) is 3. The van der Waals surface area contributed by atoms with Gasteiger partial charge in [0.1, 0.15) is 5.82 Å². The highest BCUT2D eigenvalue weighted by atomic mass is 35.5. The van der Waals surface area contributed by atoms with E-state index in [0.717, 1.165) is 55.8 Å². The van der Waals surface area contributed by atoms with Gasteiger partial charge in [-0.15, -0.1) is 24.8 Å². The van der Waals surface area contributed by atoms with Crippen LogP contribution in [0.2, 0.25) is 0 Å². The van der Waals surface area contributed by atoms with Crippen molar-refractivity contribution in [3.8, 4) is 0 Å². The third kappa shape index (κ3) is 5.96. The lowest BCUT2D eigenvalue weighted by Crippen LogP contribution is -2.25. The number of halogens is 2. The number of benzene rings is 1. The molecular formula is C17H26Cl2N4O. The Hall–Kier alpha value is -1.30. The first-order valence-electron chi connectivity index (χ1n) is 8.22. The van der Waals surface area contributed by atoms with Gasteiger partial charge in [0.25, 0.3) is 0 Å². The first-order chi connectivity index (χ1) is 10.8. The molecule has 1 atom stereocenters. The Kier molecular flexibility index (Phi) is 9.11. The molecule has 0 bridgehead atoms. The van der Waals surface area contributed by atoms with Gasteiger partial charge in [0, 0.05) is 19.4 Å². The summed E-state index contributed by atoms with van der Waals surface area (Å²) in [4.78, 5) is 19.7. The van der Waals surface area contributed by atoms with E-state index < -0.39 is 0 Å². The summed E-state index contributed by atoms with van der Waals surface area (Å²) in [7, 11) is 0. The SMILES string of the molecule is Cl.Cl.O=C(CCC1CCNC1)NCCCc1nc2ccccc2[nH]1. The molecule has 5 nitrogen and oxygen atoms in total. The molecule has 1 saturated heterocycles. The topological polar surface area (TPSA) is 69.8 Å². The number of carbonyl (C=O) groups is 1. The summed E-state index contributed by atoms with van der Waals surface area (Å²) in [5, 5.41) is 6.34. The second kappa shape index (κ2) is 10.5. The molecule has 0 spiro atoms. The number of rotatable bonds is 7. The van der Waals surface area contributed by atoms with Crippen LogP contribution in [0.15, 0.2) is 24.3 Å². The lowest BCUT2D eigenvalue weighted by Gasteiger charge is -2.08. The molecule has 1 aromatic carbocycles.